The van der Waals surface area contributed by atoms with E-state index in [1.54, 1.807) is 0 Å². The topological polar surface area (TPSA) is 53.6 Å². The number of halogens is 2. The summed E-state index contributed by atoms with van der Waals surface area (Å²) in [6.07, 6.45) is 2.82. The van der Waals surface area contributed by atoms with E-state index in [1.165, 1.54) is 6.42 Å². The standard InChI is InChI=1S/C19H31N3O2.2ClH/c1-3-22(4-2)12-13-24-18-10-6-5-8-16(18)15-21-19(23)14-17-9-7-11-20-17;;/h5-6,8,10,17,20H,3-4,7,9,11-15H2,1-2H3,(H,21,23);2*1H. The number of amides is 1. The molecule has 1 aliphatic heterocycles. The lowest BCUT2D eigenvalue weighted by Gasteiger charge is -2.19. The Morgan fingerprint density at radius 1 is 1.27 bits per heavy atom. The third-order valence-electron chi connectivity index (χ3n) is 4.60. The Kier molecular flexibility index (Phi) is 13.6. The third-order valence-corrected chi connectivity index (χ3v) is 4.60. The molecule has 1 atom stereocenters. The minimum Gasteiger partial charge on any atom is -0.492 e. The van der Waals surface area contributed by atoms with E-state index >= 15 is 0 Å². The molecule has 0 saturated carbocycles. The fourth-order valence-corrected chi connectivity index (χ4v) is 3.04. The van der Waals surface area contributed by atoms with Crippen molar-refractivity contribution in [1.29, 1.82) is 0 Å². The molecule has 7 heteroatoms. The minimum atomic E-state index is 0. The first-order chi connectivity index (χ1) is 11.7. The number of likely N-dealkylation sites (N-methyl/N-ethyl adjacent to an activating group) is 1. The van der Waals surface area contributed by atoms with Gasteiger partial charge >= 0.3 is 0 Å². The smallest absolute Gasteiger partial charge is 0.221 e. The van der Waals surface area contributed by atoms with Gasteiger partial charge in [0.1, 0.15) is 12.4 Å². The van der Waals surface area contributed by atoms with Crippen LogP contribution in [0, 0.1) is 0 Å². The molecule has 0 aliphatic carbocycles. The van der Waals surface area contributed by atoms with Gasteiger partial charge in [-0.1, -0.05) is 32.0 Å². The van der Waals surface area contributed by atoms with Crippen molar-refractivity contribution in [2.75, 3.05) is 32.8 Å². The van der Waals surface area contributed by atoms with E-state index in [2.05, 4.69) is 29.4 Å². The molecule has 150 valence electrons. The average molecular weight is 406 g/mol. The number of carbonyl (C=O) groups is 1. The summed E-state index contributed by atoms with van der Waals surface area (Å²) in [6, 6.07) is 8.28. The number of nitrogens with one attached hydrogen (secondary N) is 2. The number of nitrogens with zero attached hydrogens (tertiary/aromatic N) is 1. The number of hydrogen-bond acceptors (Lipinski definition) is 4. The average Bonchev–Trinajstić information content (AvgIpc) is 3.10. The Bertz CT molecular complexity index is 507. The lowest BCUT2D eigenvalue weighted by Crippen LogP contribution is -2.31. The van der Waals surface area contributed by atoms with Gasteiger partial charge < -0.3 is 20.3 Å². The molecule has 1 saturated heterocycles. The Morgan fingerprint density at radius 3 is 2.65 bits per heavy atom. The molecule has 1 heterocycles. The second-order valence-electron chi connectivity index (χ2n) is 6.26. The van der Waals surface area contributed by atoms with Gasteiger partial charge in [0.15, 0.2) is 0 Å². The summed E-state index contributed by atoms with van der Waals surface area (Å²) in [4.78, 5) is 14.4. The van der Waals surface area contributed by atoms with Crippen molar-refractivity contribution in [3.63, 3.8) is 0 Å². The lowest BCUT2D eigenvalue weighted by atomic mass is 10.1. The van der Waals surface area contributed by atoms with Crippen LogP contribution >= 0.6 is 24.8 Å². The zero-order chi connectivity index (χ0) is 17.2. The van der Waals surface area contributed by atoms with Crippen LogP contribution in [0.5, 0.6) is 5.75 Å². The van der Waals surface area contributed by atoms with Gasteiger partial charge in [-0.3, -0.25) is 4.79 Å². The summed E-state index contributed by atoms with van der Waals surface area (Å²) in [5, 5.41) is 6.37. The van der Waals surface area contributed by atoms with Crippen molar-refractivity contribution >= 4 is 30.7 Å². The maximum absolute atomic E-state index is 12.1. The molecule has 2 N–H and O–H groups in total. The van der Waals surface area contributed by atoms with Crippen LogP contribution < -0.4 is 15.4 Å². The van der Waals surface area contributed by atoms with E-state index in [1.807, 2.05) is 24.3 Å². The second-order valence-corrected chi connectivity index (χ2v) is 6.26. The Hall–Kier alpha value is -1.01. The highest BCUT2D eigenvalue weighted by Crippen LogP contribution is 2.18. The molecule has 1 aliphatic rings. The molecule has 0 bridgehead atoms. The first-order valence-corrected chi connectivity index (χ1v) is 9.16. The first-order valence-electron chi connectivity index (χ1n) is 9.16. The van der Waals surface area contributed by atoms with E-state index in [0.29, 0.717) is 25.6 Å². The van der Waals surface area contributed by atoms with Crippen molar-refractivity contribution in [2.24, 2.45) is 0 Å². The minimum absolute atomic E-state index is 0. The van der Waals surface area contributed by atoms with E-state index in [0.717, 1.165) is 43.9 Å². The Morgan fingerprint density at radius 2 is 2.00 bits per heavy atom. The highest BCUT2D eigenvalue weighted by molar-refractivity contribution is 5.85. The maximum Gasteiger partial charge on any atom is 0.221 e. The van der Waals surface area contributed by atoms with Gasteiger partial charge in [0.05, 0.1) is 0 Å². The van der Waals surface area contributed by atoms with Gasteiger partial charge in [-0.05, 0) is 38.5 Å². The zero-order valence-electron chi connectivity index (χ0n) is 15.8. The summed E-state index contributed by atoms with van der Waals surface area (Å²) >= 11 is 0. The number of benzene rings is 1. The van der Waals surface area contributed by atoms with Gasteiger partial charge in [0.2, 0.25) is 5.91 Å². The van der Waals surface area contributed by atoms with Crippen molar-refractivity contribution in [2.45, 2.75) is 45.7 Å². The van der Waals surface area contributed by atoms with Gasteiger partial charge in [-0.15, -0.1) is 24.8 Å². The number of ether oxygens (including phenoxy) is 1. The fourth-order valence-electron chi connectivity index (χ4n) is 3.04. The number of hydrogen-bond donors (Lipinski definition) is 2. The molecule has 26 heavy (non-hydrogen) atoms. The summed E-state index contributed by atoms with van der Waals surface area (Å²) in [5.41, 5.74) is 1.03. The molecule has 1 aromatic carbocycles. The molecular formula is C19H33Cl2N3O2. The van der Waals surface area contributed by atoms with Crippen LogP contribution in [-0.2, 0) is 11.3 Å². The summed E-state index contributed by atoms with van der Waals surface area (Å²) < 4.78 is 5.93. The SMILES string of the molecule is CCN(CC)CCOc1ccccc1CNC(=O)CC1CCCN1.Cl.Cl. The van der Waals surface area contributed by atoms with Crippen LogP contribution in [0.15, 0.2) is 24.3 Å². The van der Waals surface area contributed by atoms with Crippen LogP contribution in [0.25, 0.3) is 0 Å². The molecule has 0 radical (unpaired) electrons. The van der Waals surface area contributed by atoms with Crippen LogP contribution in [-0.4, -0.2) is 49.6 Å². The summed E-state index contributed by atoms with van der Waals surface area (Å²) in [7, 11) is 0. The van der Waals surface area contributed by atoms with Crippen LogP contribution in [0.4, 0.5) is 0 Å². The number of para-hydroxylation sites is 1. The van der Waals surface area contributed by atoms with E-state index in [9.17, 15) is 4.79 Å². The van der Waals surface area contributed by atoms with Crippen LogP contribution in [0.2, 0.25) is 0 Å². The van der Waals surface area contributed by atoms with Gasteiger partial charge in [-0.2, -0.15) is 0 Å². The van der Waals surface area contributed by atoms with E-state index in [4.69, 9.17) is 4.74 Å². The number of rotatable bonds is 10. The predicted octanol–water partition coefficient (Wildman–Crippen LogP) is 3.01. The molecule has 2 rings (SSSR count). The normalized spacial score (nSPS) is 15.9. The predicted molar refractivity (Wildman–Crippen MR) is 112 cm³/mol. The molecule has 1 fully saturated rings. The van der Waals surface area contributed by atoms with Crippen LogP contribution in [0.3, 0.4) is 0 Å². The Labute approximate surface area is 170 Å². The largest absolute Gasteiger partial charge is 0.492 e. The molecule has 0 aromatic heterocycles. The quantitative estimate of drug-likeness (QED) is 0.627. The molecule has 5 nitrogen and oxygen atoms in total. The summed E-state index contributed by atoms with van der Waals surface area (Å²) in [5.74, 6) is 0.969. The molecular weight excluding hydrogens is 373 g/mol. The Balaban J connectivity index is 0.00000312. The highest BCUT2D eigenvalue weighted by atomic mass is 35.5. The molecule has 1 aromatic rings. The van der Waals surface area contributed by atoms with E-state index < -0.39 is 0 Å². The van der Waals surface area contributed by atoms with Crippen LogP contribution in [0.1, 0.15) is 38.7 Å². The second kappa shape index (κ2) is 14.1. The van der Waals surface area contributed by atoms with Crippen molar-refractivity contribution in [3.05, 3.63) is 29.8 Å². The van der Waals surface area contributed by atoms with Gasteiger partial charge in [-0.25, -0.2) is 0 Å². The highest BCUT2D eigenvalue weighted by Gasteiger charge is 2.17. The van der Waals surface area contributed by atoms with Gasteiger partial charge in [0, 0.05) is 31.1 Å². The molecule has 1 amide bonds. The fraction of sp³-hybridized carbons (Fsp3) is 0.632. The van der Waals surface area contributed by atoms with Crippen molar-refractivity contribution in [1.82, 2.24) is 15.5 Å². The molecule has 1 unspecified atom stereocenters. The zero-order valence-corrected chi connectivity index (χ0v) is 17.5. The van der Waals surface area contributed by atoms with E-state index in [-0.39, 0.29) is 30.7 Å². The van der Waals surface area contributed by atoms with Gasteiger partial charge in [0.25, 0.3) is 0 Å². The number of carbonyl (C=O) groups excluding carboxylic acids is 1. The lowest BCUT2D eigenvalue weighted by molar-refractivity contribution is -0.121. The first kappa shape index (κ1) is 25.0. The van der Waals surface area contributed by atoms with Crippen molar-refractivity contribution < 1.29 is 9.53 Å². The molecule has 0 spiro atoms. The summed E-state index contributed by atoms with van der Waals surface area (Å²) in [6.45, 7) is 9.52. The monoisotopic (exact) mass is 405 g/mol. The maximum atomic E-state index is 12.1. The third kappa shape index (κ3) is 8.58. The van der Waals surface area contributed by atoms with Crippen molar-refractivity contribution in [3.8, 4) is 5.75 Å².